The molecular weight excluding hydrogens is 257 g/mol. The van der Waals surface area contributed by atoms with Crippen molar-refractivity contribution in [3.05, 3.63) is 23.5 Å². The van der Waals surface area contributed by atoms with Gasteiger partial charge in [0.1, 0.15) is 0 Å². The fourth-order valence-corrected chi connectivity index (χ4v) is 3.50. The number of hydrogen-bond acceptors (Lipinski definition) is 3. The molecule has 0 spiro atoms. The van der Waals surface area contributed by atoms with Gasteiger partial charge in [0.05, 0.1) is 15.7 Å². The standard InChI is InChI=1S/C9H11Cl2NO2S/c1-7(4-10)6-15(13,14)9-2-3-12-5-8(9)11/h2-3,5,7H,4,6H2,1H3. The molecule has 0 fully saturated rings. The summed E-state index contributed by atoms with van der Waals surface area (Å²) >= 11 is 11.3. The van der Waals surface area contributed by atoms with Gasteiger partial charge in [-0.05, 0) is 12.0 Å². The molecule has 1 unspecified atom stereocenters. The van der Waals surface area contributed by atoms with Crippen molar-refractivity contribution in [2.45, 2.75) is 11.8 Å². The average Bonchev–Trinajstić information content (AvgIpc) is 2.17. The normalized spacial score (nSPS) is 13.8. The Morgan fingerprint density at radius 2 is 2.20 bits per heavy atom. The van der Waals surface area contributed by atoms with Crippen LogP contribution >= 0.6 is 23.2 Å². The average molecular weight is 268 g/mol. The van der Waals surface area contributed by atoms with Crippen LogP contribution < -0.4 is 0 Å². The first-order valence-electron chi connectivity index (χ1n) is 4.35. The molecule has 0 aromatic carbocycles. The fourth-order valence-electron chi connectivity index (χ4n) is 1.12. The van der Waals surface area contributed by atoms with Crippen LogP contribution in [0.2, 0.25) is 5.02 Å². The minimum absolute atomic E-state index is 0.000231. The van der Waals surface area contributed by atoms with Crippen LogP contribution in [0.3, 0.4) is 0 Å². The zero-order valence-electron chi connectivity index (χ0n) is 8.15. The summed E-state index contributed by atoms with van der Waals surface area (Å²) in [4.78, 5) is 3.86. The van der Waals surface area contributed by atoms with Crippen LogP contribution in [0.25, 0.3) is 0 Å². The number of hydrogen-bond donors (Lipinski definition) is 0. The molecule has 0 aliphatic rings. The van der Waals surface area contributed by atoms with Gasteiger partial charge in [-0.2, -0.15) is 0 Å². The van der Waals surface area contributed by atoms with Gasteiger partial charge in [0, 0.05) is 18.3 Å². The summed E-state index contributed by atoms with van der Waals surface area (Å²) in [7, 11) is -3.36. The summed E-state index contributed by atoms with van der Waals surface area (Å²) in [6, 6.07) is 1.40. The van der Waals surface area contributed by atoms with E-state index in [4.69, 9.17) is 23.2 Å². The molecular formula is C9H11Cl2NO2S. The summed E-state index contributed by atoms with van der Waals surface area (Å²) in [6.07, 6.45) is 2.73. The summed E-state index contributed by atoms with van der Waals surface area (Å²) in [5.74, 6) is 0.211. The van der Waals surface area contributed by atoms with Gasteiger partial charge in [0.15, 0.2) is 9.84 Å². The molecule has 0 bridgehead atoms. The zero-order valence-corrected chi connectivity index (χ0v) is 10.5. The van der Waals surface area contributed by atoms with Gasteiger partial charge >= 0.3 is 0 Å². The fraction of sp³-hybridized carbons (Fsp3) is 0.444. The Hall–Kier alpha value is -0.320. The minimum Gasteiger partial charge on any atom is -0.263 e. The van der Waals surface area contributed by atoms with Gasteiger partial charge in [-0.15, -0.1) is 11.6 Å². The van der Waals surface area contributed by atoms with Crippen LogP contribution in [-0.4, -0.2) is 25.0 Å². The highest BCUT2D eigenvalue weighted by Gasteiger charge is 2.20. The van der Waals surface area contributed by atoms with Gasteiger partial charge in [0.2, 0.25) is 0 Å². The predicted molar refractivity (Wildman–Crippen MR) is 61.2 cm³/mol. The molecule has 1 atom stereocenters. The van der Waals surface area contributed by atoms with Crippen LogP contribution in [0.15, 0.2) is 23.4 Å². The van der Waals surface area contributed by atoms with E-state index < -0.39 is 9.84 Å². The van der Waals surface area contributed by atoms with Crippen LogP contribution in [0.1, 0.15) is 6.92 Å². The van der Waals surface area contributed by atoms with Crippen LogP contribution in [0.5, 0.6) is 0 Å². The molecule has 0 N–H and O–H groups in total. The number of rotatable bonds is 4. The second-order valence-corrected chi connectivity index (χ2v) is 6.07. The lowest BCUT2D eigenvalue weighted by molar-refractivity contribution is 0.583. The summed E-state index contributed by atoms with van der Waals surface area (Å²) in [5.41, 5.74) is 0. The maximum atomic E-state index is 11.9. The number of sulfone groups is 1. The van der Waals surface area contributed by atoms with Crippen LogP contribution in [-0.2, 0) is 9.84 Å². The molecule has 15 heavy (non-hydrogen) atoms. The number of aromatic nitrogens is 1. The smallest absolute Gasteiger partial charge is 0.180 e. The van der Waals surface area contributed by atoms with Crippen molar-refractivity contribution in [2.24, 2.45) is 5.92 Å². The van der Waals surface area contributed by atoms with Crippen molar-refractivity contribution in [1.82, 2.24) is 4.98 Å². The molecule has 0 amide bonds. The molecule has 1 aromatic rings. The molecule has 0 saturated heterocycles. The zero-order chi connectivity index (χ0) is 11.5. The van der Waals surface area contributed by atoms with E-state index >= 15 is 0 Å². The molecule has 3 nitrogen and oxygen atoms in total. The molecule has 1 aromatic heterocycles. The van der Waals surface area contributed by atoms with Crippen molar-refractivity contribution in [1.29, 1.82) is 0 Å². The van der Waals surface area contributed by atoms with Crippen molar-refractivity contribution < 1.29 is 8.42 Å². The lowest BCUT2D eigenvalue weighted by atomic mass is 10.3. The highest BCUT2D eigenvalue weighted by Crippen LogP contribution is 2.22. The highest BCUT2D eigenvalue weighted by atomic mass is 35.5. The van der Waals surface area contributed by atoms with E-state index in [2.05, 4.69) is 4.98 Å². The van der Waals surface area contributed by atoms with E-state index in [9.17, 15) is 8.42 Å². The molecule has 6 heteroatoms. The predicted octanol–water partition coefficient (Wildman–Crippen LogP) is 2.38. The Kier molecular flexibility index (Phi) is 4.37. The van der Waals surface area contributed by atoms with Gasteiger partial charge in [-0.1, -0.05) is 18.5 Å². The largest absolute Gasteiger partial charge is 0.263 e. The minimum atomic E-state index is -3.36. The first-order chi connectivity index (χ1) is 6.97. The van der Waals surface area contributed by atoms with E-state index in [1.165, 1.54) is 18.5 Å². The Morgan fingerprint density at radius 3 is 2.73 bits per heavy atom. The van der Waals surface area contributed by atoms with E-state index in [0.717, 1.165) is 0 Å². The Morgan fingerprint density at radius 1 is 1.53 bits per heavy atom. The lowest BCUT2D eigenvalue weighted by Crippen LogP contribution is -2.15. The topological polar surface area (TPSA) is 47.0 Å². The molecule has 0 saturated carbocycles. The van der Waals surface area contributed by atoms with Gasteiger partial charge in [0.25, 0.3) is 0 Å². The summed E-state index contributed by atoms with van der Waals surface area (Å²) in [5, 5.41) is 0.152. The quantitative estimate of drug-likeness (QED) is 0.788. The third-order valence-electron chi connectivity index (χ3n) is 1.84. The van der Waals surface area contributed by atoms with Crippen LogP contribution in [0, 0.1) is 5.92 Å². The first kappa shape index (κ1) is 12.7. The third kappa shape index (κ3) is 3.33. The molecule has 0 aliphatic carbocycles. The second kappa shape index (κ2) is 5.14. The number of pyridine rings is 1. The molecule has 0 aliphatic heterocycles. The lowest BCUT2D eigenvalue weighted by Gasteiger charge is -2.09. The van der Waals surface area contributed by atoms with E-state index in [1.54, 1.807) is 6.92 Å². The summed E-state index contributed by atoms with van der Waals surface area (Å²) < 4.78 is 23.7. The Bertz CT molecular complexity index is 433. The number of halogens is 2. The SMILES string of the molecule is CC(CCl)CS(=O)(=O)c1ccncc1Cl. The van der Waals surface area contributed by atoms with Gasteiger partial charge in [-0.25, -0.2) is 8.42 Å². The third-order valence-corrected chi connectivity index (χ3v) is 4.81. The van der Waals surface area contributed by atoms with E-state index in [0.29, 0.717) is 5.88 Å². The van der Waals surface area contributed by atoms with Gasteiger partial charge in [-0.3, -0.25) is 4.98 Å². The number of alkyl halides is 1. The maximum Gasteiger partial charge on any atom is 0.180 e. The molecule has 0 radical (unpaired) electrons. The monoisotopic (exact) mass is 267 g/mol. The summed E-state index contributed by atoms with van der Waals surface area (Å²) in [6.45, 7) is 1.78. The highest BCUT2D eigenvalue weighted by molar-refractivity contribution is 7.91. The molecule has 1 heterocycles. The van der Waals surface area contributed by atoms with Crippen molar-refractivity contribution in [3.63, 3.8) is 0 Å². The number of nitrogens with zero attached hydrogens (tertiary/aromatic N) is 1. The first-order valence-corrected chi connectivity index (χ1v) is 6.92. The molecule has 84 valence electrons. The van der Waals surface area contributed by atoms with E-state index in [-0.39, 0.29) is 21.6 Å². The van der Waals surface area contributed by atoms with E-state index in [1.807, 2.05) is 0 Å². The molecule has 1 rings (SSSR count). The second-order valence-electron chi connectivity index (χ2n) is 3.35. The van der Waals surface area contributed by atoms with Crippen molar-refractivity contribution in [2.75, 3.05) is 11.6 Å². The van der Waals surface area contributed by atoms with Crippen molar-refractivity contribution in [3.8, 4) is 0 Å². The van der Waals surface area contributed by atoms with Gasteiger partial charge < -0.3 is 0 Å². The Labute approximate surface area is 99.3 Å². The Balaban J connectivity index is 3.02. The van der Waals surface area contributed by atoms with Crippen LogP contribution in [0.4, 0.5) is 0 Å². The maximum absolute atomic E-state index is 11.9. The van der Waals surface area contributed by atoms with Crippen molar-refractivity contribution >= 4 is 33.0 Å².